The molecule has 2 spiro atoms. The molecule has 0 fully saturated rings. The highest BCUT2D eigenvalue weighted by Gasteiger charge is 2.58. The molecule has 0 aromatic heterocycles. The van der Waals surface area contributed by atoms with E-state index >= 15 is 0 Å². The molecule has 0 radical (unpaired) electrons. The molecule has 22 aromatic rings. The van der Waals surface area contributed by atoms with Crippen LogP contribution >= 0.6 is 0 Å². The van der Waals surface area contributed by atoms with Crippen molar-refractivity contribution in [2.45, 2.75) is 35.5 Å². The molecule has 640 valence electrons. The fourth-order valence-electron chi connectivity index (χ4n) is 23.7. The lowest BCUT2D eigenvalue weighted by molar-refractivity contribution is 0.563. The van der Waals surface area contributed by atoms with Crippen molar-refractivity contribution in [2.24, 2.45) is 0 Å². The molecular weight excluding hydrogens is 1640 g/mol. The maximum Gasteiger partial charge on any atom is 0.0720 e. The van der Waals surface area contributed by atoms with E-state index in [-0.39, 0.29) is 5.41 Å². The number of nitrogens with zero attached hydrogens (tertiary/aromatic N) is 2. The zero-order chi connectivity index (χ0) is 90.5. The van der Waals surface area contributed by atoms with Crippen molar-refractivity contribution in [3.05, 3.63) is 612 Å². The van der Waals surface area contributed by atoms with Crippen molar-refractivity contribution in [3.8, 4) is 89.0 Å². The third-order valence-electron chi connectivity index (χ3n) is 29.8. The topological polar surface area (TPSA) is 6.48 Å². The molecule has 26 rings (SSSR count). The van der Waals surface area contributed by atoms with Crippen LogP contribution in [0.2, 0.25) is 0 Å². The van der Waals surface area contributed by atoms with E-state index in [0.29, 0.717) is 0 Å². The van der Waals surface area contributed by atoms with Crippen LogP contribution in [-0.4, -0.2) is 0 Å². The van der Waals surface area contributed by atoms with Crippen LogP contribution in [0.25, 0.3) is 111 Å². The fraction of sp³-hybridized carbons (Fsp3) is 0.0448. The maximum atomic E-state index is 2.45. The van der Waals surface area contributed by atoms with Crippen LogP contribution in [0, 0.1) is 0 Å². The lowest BCUT2D eigenvalue weighted by Crippen LogP contribution is -2.44. The van der Waals surface area contributed by atoms with E-state index in [1.54, 1.807) is 0 Å². The maximum absolute atomic E-state index is 2.45. The normalized spacial score (nSPS) is 13.6. The number of hydrogen-bond acceptors (Lipinski definition) is 2. The lowest BCUT2D eigenvalue weighted by atomic mass is 9.51. The molecule has 2 heteroatoms. The molecule has 4 aliphatic rings. The van der Waals surface area contributed by atoms with Gasteiger partial charge >= 0.3 is 0 Å². The molecule has 0 aliphatic heterocycles. The summed E-state index contributed by atoms with van der Waals surface area (Å²) >= 11 is 0. The van der Waals surface area contributed by atoms with Crippen LogP contribution in [0.15, 0.2) is 534 Å². The van der Waals surface area contributed by atoms with Gasteiger partial charge in [-0.25, -0.2) is 0 Å². The number of rotatable bonds is 14. The minimum atomic E-state index is -0.533. The second-order valence-electron chi connectivity index (χ2n) is 37.1. The number of anilines is 6. The van der Waals surface area contributed by atoms with Crippen molar-refractivity contribution in [1.82, 2.24) is 0 Å². The first-order valence-corrected chi connectivity index (χ1v) is 47.5. The van der Waals surface area contributed by atoms with Crippen LogP contribution in [0.1, 0.15) is 91.7 Å². The van der Waals surface area contributed by atoms with Gasteiger partial charge in [-0.2, -0.15) is 0 Å². The smallest absolute Gasteiger partial charge is 0.0720 e. The van der Waals surface area contributed by atoms with Crippen LogP contribution < -0.4 is 9.80 Å². The molecule has 0 saturated heterocycles. The first kappa shape index (κ1) is 81.0. The summed E-state index contributed by atoms with van der Waals surface area (Å²) in [5.74, 6) is 0. The van der Waals surface area contributed by atoms with Gasteiger partial charge in [-0.1, -0.05) is 463 Å². The molecule has 0 bridgehead atoms. The number of fused-ring (bicyclic) bond motifs is 20. The first-order valence-electron chi connectivity index (χ1n) is 47.5. The summed E-state index contributed by atoms with van der Waals surface area (Å²) in [6, 6.07) is 198. The zero-order valence-electron chi connectivity index (χ0n) is 75.7. The van der Waals surface area contributed by atoms with Gasteiger partial charge in [-0.05, 0) is 273 Å². The first-order chi connectivity index (χ1) is 67.2. The van der Waals surface area contributed by atoms with Gasteiger partial charge in [0, 0.05) is 39.5 Å². The van der Waals surface area contributed by atoms with Crippen molar-refractivity contribution in [1.29, 1.82) is 0 Å². The van der Waals surface area contributed by atoms with Crippen LogP contribution in [0.5, 0.6) is 0 Å². The molecule has 2 nitrogen and oxygen atoms in total. The Morgan fingerprint density at radius 2 is 0.360 bits per heavy atom. The Balaban J connectivity index is 0.000000146. The van der Waals surface area contributed by atoms with E-state index in [2.05, 4.69) is 557 Å². The highest BCUT2D eigenvalue weighted by atomic mass is 15.1. The standard InChI is InChI=1S/C72H49N.C62H45N/c1-4-19-50(20-5-1)51-35-42-58(43-36-51)73(60-46-39-54(40-47-60)62-29-18-22-53-21-10-11-27-61(53)62)59-44-37-52(38-45-59)55-41-48-66-64(49-55)63-28-12-13-30-65(63)72(66)69-33-16-14-31-67(69)71(56-23-6-2-7-24-56,57-25-8-3-9-26-57)68-32-15-17-34-70(68)72;1-61(2)57-23-10-12-25-59(57)62(60-26-13-11-24-58(60)61)55-22-9-8-20-53(55)54-41-47(33-40-56(54)62)44-29-36-49(37-30-44)63(48-34-27-43(28-35-48)42-15-4-3-5-16-42)50-38-31-46(32-39-50)52-21-14-18-45-17-6-7-19-51(45)52/h1-49H;3-41H,1-2H3. The largest absolute Gasteiger partial charge is 0.311 e. The van der Waals surface area contributed by atoms with E-state index in [1.165, 1.54) is 188 Å². The highest BCUT2D eigenvalue weighted by molar-refractivity contribution is 6.00. The van der Waals surface area contributed by atoms with E-state index in [9.17, 15) is 0 Å². The third-order valence-corrected chi connectivity index (χ3v) is 29.8. The summed E-state index contributed by atoms with van der Waals surface area (Å²) in [6.07, 6.45) is 0. The lowest BCUT2D eigenvalue weighted by Gasteiger charge is -2.50. The molecule has 136 heavy (non-hydrogen) atoms. The van der Waals surface area contributed by atoms with Crippen molar-refractivity contribution in [2.75, 3.05) is 9.80 Å². The molecule has 22 aromatic carbocycles. The van der Waals surface area contributed by atoms with Gasteiger partial charge in [0.2, 0.25) is 0 Å². The predicted molar refractivity (Wildman–Crippen MR) is 568 cm³/mol. The molecule has 4 aliphatic carbocycles. The Morgan fingerprint density at radius 3 is 0.699 bits per heavy atom. The van der Waals surface area contributed by atoms with Crippen molar-refractivity contribution in [3.63, 3.8) is 0 Å². The van der Waals surface area contributed by atoms with Gasteiger partial charge in [0.15, 0.2) is 0 Å². The minimum absolute atomic E-state index is 0.117. The predicted octanol–water partition coefficient (Wildman–Crippen LogP) is 34.7. The summed E-state index contributed by atoms with van der Waals surface area (Å²) in [4.78, 5) is 4.74. The second-order valence-corrected chi connectivity index (χ2v) is 37.1. The third kappa shape index (κ3) is 12.9. The average molecular weight is 1730 g/mol. The van der Waals surface area contributed by atoms with Gasteiger partial charge in [0.25, 0.3) is 0 Å². The quantitative estimate of drug-likeness (QED) is 0.107. The van der Waals surface area contributed by atoms with Crippen LogP contribution in [0.3, 0.4) is 0 Å². The van der Waals surface area contributed by atoms with Gasteiger partial charge in [0.05, 0.1) is 16.2 Å². The summed E-state index contributed by atoms with van der Waals surface area (Å²) in [6.45, 7) is 4.77. The average Bonchev–Trinajstić information content (AvgIpc) is 1.40. The van der Waals surface area contributed by atoms with Gasteiger partial charge in [0.1, 0.15) is 0 Å². The Kier molecular flexibility index (Phi) is 19.7. The number of benzene rings is 22. The Labute approximate surface area is 796 Å². The van der Waals surface area contributed by atoms with Crippen molar-refractivity contribution < 1.29 is 0 Å². The fourth-order valence-corrected chi connectivity index (χ4v) is 23.7. The summed E-state index contributed by atoms with van der Waals surface area (Å²) in [7, 11) is 0. The second kappa shape index (κ2) is 33.1. The van der Waals surface area contributed by atoms with Gasteiger partial charge in [-0.15, -0.1) is 0 Å². The summed E-state index contributed by atoms with van der Waals surface area (Å²) in [5, 5.41) is 5.02. The molecule has 0 atom stereocenters. The van der Waals surface area contributed by atoms with Gasteiger partial charge < -0.3 is 9.80 Å². The molecular formula is C134H94N2. The molecule has 0 unspecified atom stereocenters. The Hall–Kier alpha value is -17.0. The monoisotopic (exact) mass is 1730 g/mol. The Bertz CT molecular complexity index is 8160. The highest BCUT2D eigenvalue weighted by Crippen LogP contribution is 2.67. The molecule has 0 heterocycles. The van der Waals surface area contributed by atoms with E-state index in [0.717, 1.165) is 34.1 Å². The van der Waals surface area contributed by atoms with Crippen LogP contribution in [-0.2, 0) is 21.7 Å². The minimum Gasteiger partial charge on any atom is -0.311 e. The van der Waals surface area contributed by atoms with Gasteiger partial charge in [-0.3, -0.25) is 0 Å². The molecule has 0 amide bonds. The number of hydrogen-bond donors (Lipinski definition) is 0. The molecule has 0 saturated carbocycles. The van der Waals surface area contributed by atoms with E-state index in [4.69, 9.17) is 0 Å². The van der Waals surface area contributed by atoms with Crippen LogP contribution in [0.4, 0.5) is 34.1 Å². The van der Waals surface area contributed by atoms with E-state index in [1.807, 2.05) is 0 Å². The summed E-state index contributed by atoms with van der Waals surface area (Å²) < 4.78 is 0. The Morgan fingerprint density at radius 1 is 0.140 bits per heavy atom. The molecule has 0 N–H and O–H groups in total. The SMILES string of the molecule is CC1(C)c2ccccc2C2(c3ccccc3-c3cc(-c4ccc(N(c5ccc(-c6ccccc6)cc5)c5ccc(-c6cccc7ccccc67)cc5)cc4)ccc32)c2ccccc21.c1ccc(-c2ccc(N(c3ccc(-c4ccc5c(c4)-c4ccccc4C54c5ccccc5C(c5ccccc5)(c5ccccc5)c5ccccc54)cc3)c3ccc(-c4cccc5ccccc45)cc3)cc2)cc1. The van der Waals surface area contributed by atoms with Crippen molar-refractivity contribution >= 4 is 55.7 Å². The van der Waals surface area contributed by atoms with E-state index < -0.39 is 16.2 Å². The zero-order valence-corrected chi connectivity index (χ0v) is 75.7. The summed E-state index contributed by atoms with van der Waals surface area (Å²) in [5.41, 5.74) is 43.4.